The first-order chi connectivity index (χ1) is 5.31. The van der Waals surface area contributed by atoms with Crippen LogP contribution in [0, 0.1) is 0 Å². The van der Waals surface area contributed by atoms with E-state index in [1.165, 1.54) is 0 Å². The number of hydrogen-bond acceptors (Lipinski definition) is 3. The molecular weight excluding hydrogens is 168 g/mol. The van der Waals surface area contributed by atoms with Gasteiger partial charge in [0.15, 0.2) is 0 Å². The SMILES string of the molecule is CCOC(=O)OCCCCCl. The molecule has 0 saturated heterocycles. The van der Waals surface area contributed by atoms with Crippen LogP contribution in [0.15, 0.2) is 0 Å². The summed E-state index contributed by atoms with van der Waals surface area (Å²) in [4.78, 5) is 10.5. The minimum Gasteiger partial charge on any atom is -0.435 e. The van der Waals surface area contributed by atoms with Crippen LogP contribution in [0.25, 0.3) is 0 Å². The number of carbonyl (C=O) groups is 1. The summed E-state index contributed by atoms with van der Waals surface area (Å²) in [5.74, 6) is 0.603. The Bertz CT molecular complexity index is 106. The lowest BCUT2D eigenvalue weighted by Gasteiger charge is -2.02. The molecule has 0 spiro atoms. The summed E-state index contributed by atoms with van der Waals surface area (Å²) in [6, 6.07) is 0. The standard InChI is InChI=1S/C7H13ClO3/c1-2-10-7(9)11-6-4-3-5-8/h2-6H2,1H3. The Morgan fingerprint density at radius 2 is 2.09 bits per heavy atom. The summed E-state index contributed by atoms with van der Waals surface area (Å²) >= 11 is 5.41. The van der Waals surface area contributed by atoms with Crippen LogP contribution >= 0.6 is 11.6 Å². The smallest absolute Gasteiger partial charge is 0.435 e. The van der Waals surface area contributed by atoms with Gasteiger partial charge in [-0.2, -0.15) is 0 Å². The molecule has 0 aromatic rings. The van der Waals surface area contributed by atoms with Crippen molar-refractivity contribution in [2.45, 2.75) is 19.8 Å². The largest absolute Gasteiger partial charge is 0.508 e. The molecule has 0 rings (SSSR count). The molecule has 0 aliphatic rings. The lowest BCUT2D eigenvalue weighted by atomic mass is 10.4. The van der Waals surface area contributed by atoms with Gasteiger partial charge in [0.1, 0.15) is 0 Å². The van der Waals surface area contributed by atoms with Crippen LogP contribution in [0.2, 0.25) is 0 Å². The number of halogens is 1. The fraction of sp³-hybridized carbons (Fsp3) is 0.857. The minimum atomic E-state index is -0.595. The Morgan fingerprint density at radius 1 is 1.36 bits per heavy atom. The van der Waals surface area contributed by atoms with E-state index in [0.29, 0.717) is 19.1 Å². The average Bonchev–Trinajstić information content (AvgIpc) is 1.99. The minimum absolute atomic E-state index is 0.355. The summed E-state index contributed by atoms with van der Waals surface area (Å²) in [6.45, 7) is 2.49. The normalized spacial score (nSPS) is 9.27. The maximum Gasteiger partial charge on any atom is 0.508 e. The van der Waals surface area contributed by atoms with Gasteiger partial charge in [-0.1, -0.05) is 0 Å². The second-order valence-electron chi connectivity index (χ2n) is 1.93. The molecule has 0 bridgehead atoms. The van der Waals surface area contributed by atoms with Crippen molar-refractivity contribution in [1.82, 2.24) is 0 Å². The molecule has 0 aromatic heterocycles. The number of rotatable bonds is 5. The fourth-order valence-corrected chi connectivity index (χ4v) is 0.701. The molecule has 0 saturated carbocycles. The monoisotopic (exact) mass is 180 g/mol. The Morgan fingerprint density at radius 3 is 2.64 bits per heavy atom. The summed E-state index contributed by atoms with van der Waals surface area (Å²) in [5.41, 5.74) is 0. The van der Waals surface area contributed by atoms with Crippen molar-refractivity contribution in [1.29, 1.82) is 0 Å². The second-order valence-corrected chi connectivity index (χ2v) is 2.31. The third-order valence-electron chi connectivity index (χ3n) is 1.01. The zero-order chi connectivity index (χ0) is 8.53. The molecule has 0 atom stereocenters. The molecule has 4 heteroatoms. The highest BCUT2D eigenvalue weighted by Gasteiger charge is 1.99. The molecule has 0 amide bonds. The van der Waals surface area contributed by atoms with Crippen LogP contribution in [0.5, 0.6) is 0 Å². The van der Waals surface area contributed by atoms with Crippen LogP contribution in [-0.4, -0.2) is 25.2 Å². The van der Waals surface area contributed by atoms with Gasteiger partial charge in [0, 0.05) is 5.88 Å². The average molecular weight is 181 g/mol. The van der Waals surface area contributed by atoms with Crippen molar-refractivity contribution in [3.05, 3.63) is 0 Å². The van der Waals surface area contributed by atoms with Crippen LogP contribution in [0.4, 0.5) is 4.79 Å². The quantitative estimate of drug-likeness (QED) is 0.370. The predicted octanol–water partition coefficient (Wildman–Crippen LogP) is 2.18. The van der Waals surface area contributed by atoms with Crippen LogP contribution in [0.3, 0.4) is 0 Å². The van der Waals surface area contributed by atoms with E-state index in [9.17, 15) is 4.79 Å². The third-order valence-corrected chi connectivity index (χ3v) is 1.28. The van der Waals surface area contributed by atoms with E-state index in [1.807, 2.05) is 0 Å². The van der Waals surface area contributed by atoms with Crippen molar-refractivity contribution in [2.24, 2.45) is 0 Å². The zero-order valence-corrected chi connectivity index (χ0v) is 7.39. The molecule has 0 unspecified atom stereocenters. The first-order valence-electron chi connectivity index (χ1n) is 3.66. The Hall–Kier alpha value is -0.440. The van der Waals surface area contributed by atoms with E-state index in [1.54, 1.807) is 6.92 Å². The molecule has 0 aliphatic heterocycles. The van der Waals surface area contributed by atoms with E-state index < -0.39 is 6.16 Å². The number of carbonyl (C=O) groups excluding carboxylic acids is 1. The highest BCUT2D eigenvalue weighted by Crippen LogP contribution is 1.93. The second kappa shape index (κ2) is 7.66. The molecule has 0 aliphatic carbocycles. The summed E-state index contributed by atoms with van der Waals surface area (Å²) in [7, 11) is 0. The van der Waals surface area contributed by atoms with E-state index >= 15 is 0 Å². The topological polar surface area (TPSA) is 35.5 Å². The van der Waals surface area contributed by atoms with E-state index in [0.717, 1.165) is 12.8 Å². The summed E-state index contributed by atoms with van der Waals surface area (Å²) in [5, 5.41) is 0. The Balaban J connectivity index is 3.04. The number of ether oxygens (including phenoxy) is 2. The first-order valence-corrected chi connectivity index (χ1v) is 4.20. The third kappa shape index (κ3) is 7.46. The highest BCUT2D eigenvalue weighted by molar-refractivity contribution is 6.17. The van der Waals surface area contributed by atoms with Crippen LogP contribution in [-0.2, 0) is 9.47 Å². The van der Waals surface area contributed by atoms with Gasteiger partial charge < -0.3 is 9.47 Å². The van der Waals surface area contributed by atoms with Gasteiger partial charge in [0.2, 0.25) is 0 Å². The lowest BCUT2D eigenvalue weighted by Crippen LogP contribution is -2.07. The molecular formula is C7H13ClO3. The van der Waals surface area contributed by atoms with Gasteiger partial charge in [0.25, 0.3) is 0 Å². The van der Waals surface area contributed by atoms with Crippen LogP contribution in [0.1, 0.15) is 19.8 Å². The van der Waals surface area contributed by atoms with Crippen molar-refractivity contribution in [2.75, 3.05) is 19.1 Å². The van der Waals surface area contributed by atoms with Crippen molar-refractivity contribution >= 4 is 17.8 Å². The summed E-state index contributed by atoms with van der Waals surface area (Å²) < 4.78 is 9.19. The molecule has 66 valence electrons. The zero-order valence-electron chi connectivity index (χ0n) is 6.64. The highest BCUT2D eigenvalue weighted by atomic mass is 35.5. The maximum atomic E-state index is 10.5. The fourth-order valence-electron chi connectivity index (χ4n) is 0.512. The van der Waals surface area contributed by atoms with Gasteiger partial charge in [-0.25, -0.2) is 4.79 Å². The van der Waals surface area contributed by atoms with Gasteiger partial charge in [-0.3, -0.25) is 0 Å². The number of unbranched alkanes of at least 4 members (excludes halogenated alkanes) is 1. The predicted molar refractivity (Wildman–Crippen MR) is 42.9 cm³/mol. The van der Waals surface area contributed by atoms with Crippen molar-refractivity contribution < 1.29 is 14.3 Å². The van der Waals surface area contributed by atoms with Crippen molar-refractivity contribution in [3.63, 3.8) is 0 Å². The molecule has 0 aromatic carbocycles. The van der Waals surface area contributed by atoms with Gasteiger partial charge >= 0.3 is 6.16 Å². The van der Waals surface area contributed by atoms with Crippen LogP contribution < -0.4 is 0 Å². The molecule has 0 heterocycles. The molecule has 0 fully saturated rings. The van der Waals surface area contributed by atoms with Gasteiger partial charge in [0.05, 0.1) is 13.2 Å². The number of alkyl halides is 1. The van der Waals surface area contributed by atoms with Crippen molar-refractivity contribution in [3.8, 4) is 0 Å². The van der Waals surface area contributed by atoms with E-state index in [2.05, 4.69) is 9.47 Å². The molecule has 0 N–H and O–H groups in total. The summed E-state index contributed by atoms with van der Waals surface area (Å²) in [6.07, 6.45) is 1.06. The molecule has 11 heavy (non-hydrogen) atoms. The Labute approximate surface area is 71.6 Å². The first kappa shape index (κ1) is 10.6. The van der Waals surface area contributed by atoms with E-state index in [4.69, 9.17) is 11.6 Å². The molecule has 3 nitrogen and oxygen atoms in total. The van der Waals surface area contributed by atoms with E-state index in [-0.39, 0.29) is 0 Å². The van der Waals surface area contributed by atoms with Gasteiger partial charge in [-0.05, 0) is 19.8 Å². The Kier molecular flexibility index (Phi) is 7.36. The maximum absolute atomic E-state index is 10.5. The van der Waals surface area contributed by atoms with Gasteiger partial charge in [-0.15, -0.1) is 11.6 Å². The number of hydrogen-bond donors (Lipinski definition) is 0. The lowest BCUT2D eigenvalue weighted by molar-refractivity contribution is 0.0582. The molecule has 0 radical (unpaired) electrons.